The van der Waals surface area contributed by atoms with Crippen molar-refractivity contribution in [3.63, 3.8) is 0 Å². The number of halogens is 2. The van der Waals surface area contributed by atoms with Crippen molar-refractivity contribution < 1.29 is 9.53 Å². The third-order valence-corrected chi connectivity index (χ3v) is 3.42. The molecule has 0 atom stereocenters. The van der Waals surface area contributed by atoms with Gasteiger partial charge in [0.05, 0.1) is 7.11 Å². The monoisotopic (exact) mass is 321 g/mol. The van der Waals surface area contributed by atoms with Crippen LogP contribution < -0.4 is 10.1 Å². The molecule has 0 heterocycles. The Bertz CT molecular complexity index is 646. The van der Waals surface area contributed by atoms with Gasteiger partial charge < -0.3 is 10.1 Å². The number of carbonyl (C=O) groups excluding carboxylic acids is 1. The molecule has 0 aliphatic carbocycles. The van der Waals surface area contributed by atoms with E-state index in [0.29, 0.717) is 21.3 Å². The zero-order chi connectivity index (χ0) is 15.2. The lowest BCUT2D eigenvalue weighted by molar-refractivity contribution is -0.111. The number of hydrogen-bond acceptors (Lipinski definition) is 2. The normalized spacial score (nSPS) is 10.6. The minimum Gasteiger partial charge on any atom is -0.497 e. The summed E-state index contributed by atoms with van der Waals surface area (Å²) in [7, 11) is 1.59. The van der Waals surface area contributed by atoms with E-state index in [1.807, 2.05) is 0 Å². The van der Waals surface area contributed by atoms with Crippen molar-refractivity contribution in [2.75, 3.05) is 12.4 Å². The summed E-state index contributed by atoms with van der Waals surface area (Å²) < 4.78 is 5.05. The Morgan fingerprint density at radius 2 is 1.71 bits per heavy atom. The maximum Gasteiger partial charge on any atom is 0.248 e. The van der Waals surface area contributed by atoms with Gasteiger partial charge in [0.1, 0.15) is 5.75 Å². The first kappa shape index (κ1) is 15.4. The minimum atomic E-state index is -0.267. The van der Waals surface area contributed by atoms with Gasteiger partial charge in [-0.3, -0.25) is 4.79 Å². The van der Waals surface area contributed by atoms with Gasteiger partial charge in [-0.1, -0.05) is 29.3 Å². The Balaban J connectivity index is 2.05. The summed E-state index contributed by atoms with van der Waals surface area (Å²) in [6, 6.07) is 12.2. The number of hydrogen-bond donors (Lipinski definition) is 1. The van der Waals surface area contributed by atoms with E-state index in [4.69, 9.17) is 27.9 Å². The van der Waals surface area contributed by atoms with Crippen LogP contribution in [-0.4, -0.2) is 13.0 Å². The van der Waals surface area contributed by atoms with Crippen molar-refractivity contribution in [2.24, 2.45) is 0 Å². The molecule has 0 unspecified atom stereocenters. The maximum absolute atomic E-state index is 11.8. The van der Waals surface area contributed by atoms with Crippen molar-refractivity contribution in [3.8, 4) is 5.75 Å². The number of anilines is 1. The number of ether oxygens (including phenoxy) is 1. The van der Waals surface area contributed by atoms with E-state index < -0.39 is 0 Å². The second-order valence-electron chi connectivity index (χ2n) is 4.19. The second-order valence-corrected chi connectivity index (χ2v) is 5.00. The van der Waals surface area contributed by atoms with Crippen LogP contribution in [-0.2, 0) is 4.79 Å². The fourth-order valence-electron chi connectivity index (χ4n) is 1.69. The number of amides is 1. The van der Waals surface area contributed by atoms with Crippen LogP contribution in [0.2, 0.25) is 10.0 Å². The molecule has 108 valence electrons. The largest absolute Gasteiger partial charge is 0.497 e. The molecule has 0 aliphatic heterocycles. The highest BCUT2D eigenvalue weighted by Gasteiger charge is 2.03. The summed E-state index contributed by atoms with van der Waals surface area (Å²) in [6.45, 7) is 0. The zero-order valence-corrected chi connectivity index (χ0v) is 12.8. The van der Waals surface area contributed by atoms with Crippen LogP contribution in [0.5, 0.6) is 5.75 Å². The molecule has 0 aliphatic rings. The summed E-state index contributed by atoms with van der Waals surface area (Å²) in [5.74, 6) is 0.461. The average molecular weight is 322 g/mol. The number of rotatable bonds is 4. The quantitative estimate of drug-likeness (QED) is 0.832. The van der Waals surface area contributed by atoms with E-state index in [9.17, 15) is 4.79 Å². The molecule has 1 amide bonds. The first-order chi connectivity index (χ1) is 10.1. The van der Waals surface area contributed by atoms with E-state index in [2.05, 4.69) is 5.32 Å². The molecule has 2 aromatic carbocycles. The SMILES string of the molecule is COc1ccc(NC(=O)/C=C\c2c(Cl)cccc2Cl)cc1. The Labute approximate surface area is 133 Å². The molecule has 5 heteroatoms. The van der Waals surface area contributed by atoms with Crippen molar-refractivity contribution >= 4 is 40.9 Å². The van der Waals surface area contributed by atoms with E-state index in [1.54, 1.807) is 55.7 Å². The van der Waals surface area contributed by atoms with Crippen LogP contribution in [0, 0.1) is 0 Å². The predicted octanol–water partition coefficient (Wildman–Crippen LogP) is 4.65. The lowest BCUT2D eigenvalue weighted by atomic mass is 10.2. The topological polar surface area (TPSA) is 38.3 Å². The summed E-state index contributed by atoms with van der Waals surface area (Å²) in [4.78, 5) is 11.8. The van der Waals surface area contributed by atoms with Crippen LogP contribution in [0.1, 0.15) is 5.56 Å². The van der Waals surface area contributed by atoms with Crippen molar-refractivity contribution in [3.05, 3.63) is 64.1 Å². The molecule has 2 aromatic rings. The molecule has 0 spiro atoms. The van der Waals surface area contributed by atoms with Crippen molar-refractivity contribution in [2.45, 2.75) is 0 Å². The van der Waals surface area contributed by atoms with Gasteiger partial charge in [0.2, 0.25) is 5.91 Å². The van der Waals surface area contributed by atoms with Crippen LogP contribution in [0.25, 0.3) is 6.08 Å². The molecular formula is C16H13Cl2NO2. The van der Waals surface area contributed by atoms with E-state index >= 15 is 0 Å². The molecule has 2 rings (SSSR count). The number of nitrogens with one attached hydrogen (secondary N) is 1. The van der Waals surface area contributed by atoms with E-state index in [1.165, 1.54) is 6.08 Å². The zero-order valence-electron chi connectivity index (χ0n) is 11.3. The van der Waals surface area contributed by atoms with Gasteiger partial charge in [-0.15, -0.1) is 0 Å². The van der Waals surface area contributed by atoms with Crippen LogP contribution in [0.4, 0.5) is 5.69 Å². The van der Waals surface area contributed by atoms with Gasteiger partial charge in [0, 0.05) is 27.4 Å². The average Bonchev–Trinajstić information content (AvgIpc) is 2.47. The molecule has 0 fully saturated rings. The van der Waals surface area contributed by atoms with Crippen LogP contribution >= 0.6 is 23.2 Å². The standard InChI is InChI=1S/C16H13Cl2NO2/c1-21-12-7-5-11(6-8-12)19-16(20)10-9-13-14(17)3-2-4-15(13)18/h2-10H,1H3,(H,19,20)/b10-9-. The van der Waals surface area contributed by atoms with Gasteiger partial charge in [0.25, 0.3) is 0 Å². The minimum absolute atomic E-state index is 0.267. The third kappa shape index (κ3) is 4.25. The maximum atomic E-state index is 11.8. The smallest absolute Gasteiger partial charge is 0.248 e. The molecule has 0 aromatic heterocycles. The van der Waals surface area contributed by atoms with Crippen LogP contribution in [0.15, 0.2) is 48.5 Å². The summed E-state index contributed by atoms with van der Waals surface area (Å²) in [6.07, 6.45) is 2.97. The second kappa shape index (κ2) is 7.16. The summed E-state index contributed by atoms with van der Waals surface area (Å²) in [5, 5.41) is 3.73. The van der Waals surface area contributed by atoms with Crippen LogP contribution in [0.3, 0.4) is 0 Å². The third-order valence-electron chi connectivity index (χ3n) is 2.76. The number of benzene rings is 2. The lowest BCUT2D eigenvalue weighted by Gasteiger charge is -2.04. The molecular weight excluding hydrogens is 309 g/mol. The first-order valence-corrected chi connectivity index (χ1v) is 6.93. The van der Waals surface area contributed by atoms with Gasteiger partial charge in [-0.2, -0.15) is 0 Å². The van der Waals surface area contributed by atoms with Gasteiger partial charge in [-0.05, 0) is 42.5 Å². The fraction of sp³-hybridized carbons (Fsp3) is 0.0625. The number of methoxy groups -OCH3 is 1. The van der Waals surface area contributed by atoms with Gasteiger partial charge in [0.15, 0.2) is 0 Å². The molecule has 1 N–H and O–H groups in total. The molecule has 0 bridgehead atoms. The Kier molecular flexibility index (Phi) is 5.26. The van der Waals surface area contributed by atoms with E-state index in [-0.39, 0.29) is 5.91 Å². The highest BCUT2D eigenvalue weighted by Crippen LogP contribution is 2.25. The van der Waals surface area contributed by atoms with E-state index in [0.717, 1.165) is 5.75 Å². The van der Waals surface area contributed by atoms with Gasteiger partial charge in [-0.25, -0.2) is 0 Å². The molecule has 0 radical (unpaired) electrons. The predicted molar refractivity (Wildman–Crippen MR) is 87.1 cm³/mol. The number of carbonyl (C=O) groups is 1. The summed E-state index contributed by atoms with van der Waals surface area (Å²) >= 11 is 12.1. The molecule has 3 nitrogen and oxygen atoms in total. The lowest BCUT2D eigenvalue weighted by Crippen LogP contribution is -2.07. The Hall–Kier alpha value is -1.97. The highest BCUT2D eigenvalue weighted by atomic mass is 35.5. The Morgan fingerprint density at radius 1 is 1.10 bits per heavy atom. The van der Waals surface area contributed by atoms with Crippen molar-refractivity contribution in [1.82, 2.24) is 0 Å². The first-order valence-electron chi connectivity index (χ1n) is 6.17. The van der Waals surface area contributed by atoms with Gasteiger partial charge >= 0.3 is 0 Å². The highest BCUT2D eigenvalue weighted by molar-refractivity contribution is 6.37. The Morgan fingerprint density at radius 3 is 2.29 bits per heavy atom. The fourth-order valence-corrected chi connectivity index (χ4v) is 2.21. The molecule has 21 heavy (non-hydrogen) atoms. The molecule has 0 saturated heterocycles. The molecule has 0 saturated carbocycles. The van der Waals surface area contributed by atoms with Crippen molar-refractivity contribution in [1.29, 1.82) is 0 Å². The summed E-state index contributed by atoms with van der Waals surface area (Å²) in [5.41, 5.74) is 1.29.